The number of nitrogens with zero attached hydrogens (tertiary/aromatic N) is 2. The molecule has 0 aromatic rings. The van der Waals surface area contributed by atoms with E-state index in [2.05, 4.69) is 29.1 Å². The number of hydrogen-bond donors (Lipinski definition) is 2. The molecule has 1 rings (SSSR count). The van der Waals surface area contributed by atoms with Crippen LogP contribution in [0, 0.1) is 11.3 Å². The second-order valence-corrected chi connectivity index (χ2v) is 7.60. The molecule has 6 heteroatoms. The predicted octanol–water partition coefficient (Wildman–Crippen LogP) is 1.15. The summed E-state index contributed by atoms with van der Waals surface area (Å²) in [7, 11) is 1.78. The van der Waals surface area contributed by atoms with Gasteiger partial charge in [-0.2, -0.15) is 11.8 Å². The zero-order chi connectivity index (χ0) is 15.3. The van der Waals surface area contributed by atoms with Gasteiger partial charge in [0.15, 0.2) is 5.96 Å². The van der Waals surface area contributed by atoms with Crippen molar-refractivity contribution in [2.24, 2.45) is 22.1 Å². The average molecular weight is 300 g/mol. The largest absolute Gasteiger partial charge is 0.369 e. The second-order valence-electron chi connectivity index (χ2n) is 6.25. The number of primary amides is 1. The minimum absolute atomic E-state index is 0.297. The highest BCUT2D eigenvalue weighted by Crippen LogP contribution is 2.25. The van der Waals surface area contributed by atoms with E-state index in [0.29, 0.717) is 17.7 Å². The van der Waals surface area contributed by atoms with Crippen LogP contribution in [-0.4, -0.2) is 54.5 Å². The molecular weight excluding hydrogens is 272 g/mol. The molecule has 1 fully saturated rings. The summed E-state index contributed by atoms with van der Waals surface area (Å²) in [5.41, 5.74) is 4.83. The summed E-state index contributed by atoms with van der Waals surface area (Å²) < 4.78 is 0. The van der Waals surface area contributed by atoms with Crippen LogP contribution in [0.1, 0.15) is 27.7 Å². The van der Waals surface area contributed by atoms with Crippen LogP contribution in [0.3, 0.4) is 0 Å². The average Bonchev–Trinajstić information content (AvgIpc) is 2.39. The van der Waals surface area contributed by atoms with Crippen molar-refractivity contribution in [3.8, 4) is 0 Å². The monoisotopic (exact) mass is 300 g/mol. The summed E-state index contributed by atoms with van der Waals surface area (Å²) in [6, 6.07) is 0. The van der Waals surface area contributed by atoms with Gasteiger partial charge < -0.3 is 16.0 Å². The minimum Gasteiger partial charge on any atom is -0.369 e. The van der Waals surface area contributed by atoms with Crippen molar-refractivity contribution in [1.82, 2.24) is 10.2 Å². The molecule has 5 nitrogen and oxygen atoms in total. The van der Waals surface area contributed by atoms with E-state index in [1.165, 1.54) is 0 Å². The summed E-state index contributed by atoms with van der Waals surface area (Å²) in [4.78, 5) is 18.0. The van der Waals surface area contributed by atoms with Crippen molar-refractivity contribution >= 4 is 23.6 Å². The van der Waals surface area contributed by atoms with E-state index >= 15 is 0 Å². The molecule has 1 amide bonds. The van der Waals surface area contributed by atoms with Gasteiger partial charge in [-0.15, -0.1) is 0 Å². The van der Waals surface area contributed by atoms with E-state index in [4.69, 9.17) is 5.73 Å². The van der Waals surface area contributed by atoms with Gasteiger partial charge in [0.25, 0.3) is 0 Å². The van der Waals surface area contributed by atoms with E-state index in [1.54, 1.807) is 7.05 Å². The van der Waals surface area contributed by atoms with Gasteiger partial charge in [0.1, 0.15) is 0 Å². The van der Waals surface area contributed by atoms with Gasteiger partial charge >= 0.3 is 0 Å². The maximum absolute atomic E-state index is 11.4. The summed E-state index contributed by atoms with van der Waals surface area (Å²) in [6.07, 6.45) is 0. The first kappa shape index (κ1) is 17.1. The maximum atomic E-state index is 11.4. The summed E-state index contributed by atoms with van der Waals surface area (Å²) in [5.74, 6) is 2.34. The predicted molar refractivity (Wildman–Crippen MR) is 87.0 cm³/mol. The van der Waals surface area contributed by atoms with Crippen LogP contribution in [-0.2, 0) is 4.79 Å². The van der Waals surface area contributed by atoms with Crippen LogP contribution in [0.5, 0.6) is 0 Å². The minimum atomic E-state index is -0.572. The molecule has 1 heterocycles. The Morgan fingerprint density at radius 2 is 2.20 bits per heavy atom. The molecule has 0 saturated carbocycles. The molecule has 1 atom stereocenters. The smallest absolute Gasteiger partial charge is 0.224 e. The van der Waals surface area contributed by atoms with E-state index in [1.807, 2.05) is 25.6 Å². The summed E-state index contributed by atoms with van der Waals surface area (Å²) >= 11 is 2.03. The molecule has 0 spiro atoms. The fourth-order valence-corrected chi connectivity index (χ4v) is 3.29. The van der Waals surface area contributed by atoms with Gasteiger partial charge in [-0.05, 0) is 19.8 Å². The number of aliphatic imine (C=N–C) groups is 1. The molecule has 1 saturated heterocycles. The Hall–Kier alpha value is -0.910. The summed E-state index contributed by atoms with van der Waals surface area (Å²) in [5, 5.41) is 3.92. The van der Waals surface area contributed by atoms with Crippen LogP contribution in [0.25, 0.3) is 0 Å². The fourth-order valence-electron chi connectivity index (χ4n) is 1.99. The zero-order valence-electron chi connectivity index (χ0n) is 13.3. The van der Waals surface area contributed by atoms with Gasteiger partial charge in [0.2, 0.25) is 5.91 Å². The molecule has 20 heavy (non-hydrogen) atoms. The Morgan fingerprint density at radius 1 is 1.55 bits per heavy atom. The lowest BCUT2D eigenvalue weighted by Gasteiger charge is -2.37. The van der Waals surface area contributed by atoms with Crippen LogP contribution < -0.4 is 11.1 Å². The number of amides is 1. The van der Waals surface area contributed by atoms with Crippen LogP contribution in [0.15, 0.2) is 4.99 Å². The SMILES string of the molecule is CN=C(NCC(C)(C)C(N)=O)N1CCSC(C(C)C)C1. The topological polar surface area (TPSA) is 70.7 Å². The van der Waals surface area contributed by atoms with E-state index in [-0.39, 0.29) is 5.91 Å². The molecule has 0 aromatic heterocycles. The molecule has 116 valence electrons. The number of thioether (sulfide) groups is 1. The first-order chi connectivity index (χ1) is 9.27. The normalized spacial score (nSPS) is 21.2. The highest BCUT2D eigenvalue weighted by molar-refractivity contribution is 8.00. The standard InChI is InChI=1S/C14H28N4OS/c1-10(2)11-8-18(6-7-20-11)13(16-5)17-9-14(3,4)12(15)19/h10-11H,6-9H2,1-5H3,(H2,15,19)(H,16,17). The molecule has 1 aliphatic rings. The molecule has 1 aliphatic heterocycles. The number of nitrogens with two attached hydrogens (primary N) is 1. The molecule has 1 unspecified atom stereocenters. The molecule has 0 aromatic carbocycles. The third-order valence-corrected chi connectivity index (χ3v) is 5.24. The van der Waals surface area contributed by atoms with Crippen molar-refractivity contribution in [3.63, 3.8) is 0 Å². The van der Waals surface area contributed by atoms with Crippen molar-refractivity contribution in [2.75, 3.05) is 32.4 Å². The second kappa shape index (κ2) is 7.20. The maximum Gasteiger partial charge on any atom is 0.224 e. The highest BCUT2D eigenvalue weighted by atomic mass is 32.2. The Morgan fingerprint density at radius 3 is 2.70 bits per heavy atom. The quantitative estimate of drug-likeness (QED) is 0.603. The number of guanidine groups is 1. The Kier molecular flexibility index (Phi) is 6.17. The lowest BCUT2D eigenvalue weighted by atomic mass is 9.93. The molecule has 0 bridgehead atoms. The van der Waals surface area contributed by atoms with E-state index in [9.17, 15) is 4.79 Å². The van der Waals surface area contributed by atoms with Crippen LogP contribution in [0.2, 0.25) is 0 Å². The van der Waals surface area contributed by atoms with Crippen molar-refractivity contribution in [2.45, 2.75) is 32.9 Å². The third-order valence-electron chi connectivity index (χ3n) is 3.70. The van der Waals surface area contributed by atoms with Crippen LogP contribution >= 0.6 is 11.8 Å². The van der Waals surface area contributed by atoms with Crippen LogP contribution in [0.4, 0.5) is 0 Å². The van der Waals surface area contributed by atoms with Gasteiger partial charge in [-0.1, -0.05) is 13.8 Å². The number of carbonyl (C=O) groups excluding carboxylic acids is 1. The number of rotatable bonds is 4. The molecular formula is C14H28N4OS. The number of nitrogens with one attached hydrogen (secondary N) is 1. The van der Waals surface area contributed by atoms with Crippen molar-refractivity contribution in [1.29, 1.82) is 0 Å². The number of hydrogen-bond acceptors (Lipinski definition) is 3. The highest BCUT2D eigenvalue weighted by Gasteiger charge is 2.28. The Labute approximate surface area is 126 Å². The van der Waals surface area contributed by atoms with Gasteiger partial charge in [-0.3, -0.25) is 9.79 Å². The lowest BCUT2D eigenvalue weighted by molar-refractivity contribution is -0.125. The van der Waals surface area contributed by atoms with Crippen molar-refractivity contribution < 1.29 is 4.79 Å². The fraction of sp³-hybridized carbons (Fsp3) is 0.857. The lowest BCUT2D eigenvalue weighted by Crippen LogP contribution is -2.52. The molecule has 0 radical (unpaired) electrons. The van der Waals surface area contributed by atoms with E-state index < -0.39 is 5.41 Å². The van der Waals surface area contributed by atoms with Gasteiger partial charge in [-0.25, -0.2) is 0 Å². The Bertz CT molecular complexity index is 368. The zero-order valence-corrected chi connectivity index (χ0v) is 14.1. The summed E-state index contributed by atoms with van der Waals surface area (Å²) in [6.45, 7) is 10.7. The number of carbonyl (C=O) groups is 1. The molecule has 3 N–H and O–H groups in total. The Balaban J connectivity index is 2.61. The first-order valence-electron chi connectivity index (χ1n) is 7.15. The molecule has 0 aliphatic carbocycles. The van der Waals surface area contributed by atoms with E-state index in [0.717, 1.165) is 24.8 Å². The first-order valence-corrected chi connectivity index (χ1v) is 8.20. The van der Waals surface area contributed by atoms with Gasteiger partial charge in [0.05, 0.1) is 5.41 Å². The van der Waals surface area contributed by atoms with Gasteiger partial charge in [0, 0.05) is 37.7 Å². The van der Waals surface area contributed by atoms with Crippen molar-refractivity contribution in [3.05, 3.63) is 0 Å². The third kappa shape index (κ3) is 4.58.